The molecule has 1 nitrogen and oxygen atoms in total. The van der Waals surface area contributed by atoms with E-state index in [-0.39, 0.29) is 0 Å². The van der Waals surface area contributed by atoms with Gasteiger partial charge < -0.3 is 5.11 Å². The summed E-state index contributed by atoms with van der Waals surface area (Å²) in [6.45, 7) is 6.84. The summed E-state index contributed by atoms with van der Waals surface area (Å²) in [6, 6.07) is 7.90. The van der Waals surface area contributed by atoms with Gasteiger partial charge in [-0.25, -0.2) is 0 Å². The highest BCUT2D eigenvalue weighted by molar-refractivity contribution is 6.88. The monoisotopic (exact) mass is 192 g/mol. The predicted octanol–water partition coefficient (Wildman–Crippen LogP) is 1.64. The Bertz CT molecular complexity index is 387. The van der Waals surface area contributed by atoms with Crippen LogP contribution in [-0.4, -0.2) is 13.2 Å². The molecule has 2 heteroatoms. The van der Waals surface area contributed by atoms with Crippen molar-refractivity contribution in [1.82, 2.24) is 0 Å². The summed E-state index contributed by atoms with van der Waals surface area (Å²) in [7, 11) is -1.20. The number of aliphatic hydroxyl groups is 1. The van der Waals surface area contributed by atoms with E-state index in [0.717, 1.165) is 10.4 Å². The van der Waals surface area contributed by atoms with Crippen LogP contribution in [0.2, 0.25) is 19.6 Å². The summed E-state index contributed by atoms with van der Waals surface area (Å²) in [6.07, 6.45) is 1.17. The van der Waals surface area contributed by atoms with Crippen molar-refractivity contribution in [2.45, 2.75) is 19.6 Å². The second kappa shape index (κ2) is 3.79. The van der Waals surface area contributed by atoms with E-state index in [2.05, 4.69) is 25.3 Å². The molecule has 0 saturated carbocycles. The second-order valence-corrected chi connectivity index (χ2v) is 9.29. The molecule has 0 fully saturated rings. The van der Waals surface area contributed by atoms with Crippen LogP contribution >= 0.6 is 0 Å². The maximum Gasteiger partial charge on any atom is 0.0869 e. The minimum atomic E-state index is -1.20. The highest BCUT2D eigenvalue weighted by Crippen LogP contribution is 2.00. The molecule has 0 unspecified atom stereocenters. The average molecular weight is 192 g/mol. The van der Waals surface area contributed by atoms with Crippen LogP contribution in [0.1, 0.15) is 0 Å². The summed E-state index contributed by atoms with van der Waals surface area (Å²) in [4.78, 5) is 0. The Kier molecular flexibility index (Phi) is 2.93. The molecule has 0 bridgehead atoms. The largest absolute Gasteiger partial charge is 0.515 e. The van der Waals surface area contributed by atoms with Crippen LogP contribution in [0, 0.1) is 0 Å². The van der Waals surface area contributed by atoms with Crippen molar-refractivity contribution in [1.29, 1.82) is 0 Å². The van der Waals surface area contributed by atoms with E-state index < -0.39 is 8.07 Å². The second-order valence-electron chi connectivity index (χ2n) is 4.27. The summed E-state index contributed by atoms with van der Waals surface area (Å²) in [5.41, 5.74) is 2.29. The number of rotatable bonds is 1. The first-order valence-corrected chi connectivity index (χ1v) is 8.03. The van der Waals surface area contributed by atoms with E-state index in [4.69, 9.17) is 5.11 Å². The minimum Gasteiger partial charge on any atom is -0.515 e. The van der Waals surface area contributed by atoms with Gasteiger partial charge in [-0.15, -0.1) is 0 Å². The fraction of sp³-hybridized carbons (Fsp3) is 0.273. The zero-order chi connectivity index (χ0) is 9.90. The number of aliphatic hydroxyl groups excluding tert-OH is 1. The van der Waals surface area contributed by atoms with E-state index in [0.29, 0.717) is 0 Å². The molecule has 0 atom stereocenters. The van der Waals surface area contributed by atoms with Crippen molar-refractivity contribution in [2.24, 2.45) is 0 Å². The quantitative estimate of drug-likeness (QED) is 0.671. The molecule has 1 rings (SSSR count). The first kappa shape index (κ1) is 10.1. The lowest BCUT2D eigenvalue weighted by Crippen LogP contribution is -2.30. The topological polar surface area (TPSA) is 20.2 Å². The van der Waals surface area contributed by atoms with E-state index in [1.807, 2.05) is 24.3 Å². The van der Waals surface area contributed by atoms with E-state index >= 15 is 0 Å². The van der Waals surface area contributed by atoms with Crippen molar-refractivity contribution in [3.05, 3.63) is 34.7 Å². The Labute approximate surface area is 80.1 Å². The van der Waals surface area contributed by atoms with Crippen LogP contribution < -0.4 is 10.4 Å². The van der Waals surface area contributed by atoms with Crippen LogP contribution in [-0.2, 0) is 0 Å². The van der Waals surface area contributed by atoms with Crippen LogP contribution in [0.5, 0.6) is 0 Å². The zero-order valence-corrected chi connectivity index (χ0v) is 9.41. The van der Waals surface area contributed by atoms with Gasteiger partial charge in [-0.05, 0) is 5.22 Å². The Morgan fingerprint density at radius 3 is 2.08 bits per heavy atom. The van der Waals surface area contributed by atoms with Crippen LogP contribution in [0.3, 0.4) is 0 Å². The first-order valence-electron chi connectivity index (χ1n) is 4.45. The molecule has 1 N–H and O–H groups in total. The van der Waals surface area contributed by atoms with Gasteiger partial charge in [0.15, 0.2) is 0 Å². The fourth-order valence-electron chi connectivity index (χ4n) is 1.23. The third kappa shape index (κ3) is 3.07. The van der Waals surface area contributed by atoms with Crippen molar-refractivity contribution >= 4 is 20.0 Å². The number of benzene rings is 1. The predicted molar refractivity (Wildman–Crippen MR) is 60.6 cm³/mol. The van der Waals surface area contributed by atoms with Crippen LogP contribution in [0.15, 0.2) is 24.3 Å². The Hall–Kier alpha value is -1.02. The van der Waals surface area contributed by atoms with Gasteiger partial charge in [-0.2, -0.15) is 0 Å². The standard InChI is InChI=1S/C11H16OSi/c1-13(2,3)9-11-7-5-4-6-10(11)8-12/h4-9,12H,1-3H3/b10-8-,11-9+. The molecule has 0 aliphatic heterocycles. The van der Waals surface area contributed by atoms with Gasteiger partial charge in [0.1, 0.15) is 0 Å². The molecule has 1 aromatic carbocycles. The lowest BCUT2D eigenvalue weighted by molar-refractivity contribution is 0.540. The van der Waals surface area contributed by atoms with Crippen LogP contribution in [0.4, 0.5) is 0 Å². The molecule has 70 valence electrons. The molecule has 0 heterocycles. The fourth-order valence-corrected chi connectivity index (χ4v) is 2.42. The maximum absolute atomic E-state index is 8.99. The number of hydrogen-bond donors (Lipinski definition) is 1. The normalized spacial score (nSPS) is 15.0. The molecular formula is C11H16OSi. The maximum atomic E-state index is 8.99. The summed E-state index contributed by atoms with van der Waals surface area (Å²) >= 11 is 0. The lowest BCUT2D eigenvalue weighted by Gasteiger charge is -2.07. The molecular weight excluding hydrogens is 176 g/mol. The Morgan fingerprint density at radius 2 is 1.62 bits per heavy atom. The van der Waals surface area contributed by atoms with Crippen molar-refractivity contribution in [2.75, 3.05) is 0 Å². The van der Waals surface area contributed by atoms with Crippen molar-refractivity contribution in [3.63, 3.8) is 0 Å². The molecule has 0 amide bonds. The van der Waals surface area contributed by atoms with Gasteiger partial charge in [0, 0.05) is 5.22 Å². The molecule has 13 heavy (non-hydrogen) atoms. The van der Waals surface area contributed by atoms with Gasteiger partial charge in [-0.3, -0.25) is 0 Å². The molecule has 0 radical (unpaired) electrons. The first-order chi connectivity index (χ1) is 6.03. The van der Waals surface area contributed by atoms with Gasteiger partial charge in [0.2, 0.25) is 0 Å². The third-order valence-corrected chi connectivity index (χ3v) is 2.90. The van der Waals surface area contributed by atoms with Crippen LogP contribution in [0.25, 0.3) is 12.0 Å². The highest BCUT2D eigenvalue weighted by Gasteiger charge is 2.07. The van der Waals surface area contributed by atoms with E-state index in [1.54, 1.807) is 0 Å². The van der Waals surface area contributed by atoms with Gasteiger partial charge in [-0.1, -0.05) is 49.6 Å². The summed E-state index contributed by atoms with van der Waals surface area (Å²) in [5, 5.41) is 11.0. The molecule has 0 aromatic heterocycles. The zero-order valence-electron chi connectivity index (χ0n) is 8.41. The van der Waals surface area contributed by atoms with E-state index in [9.17, 15) is 0 Å². The van der Waals surface area contributed by atoms with Gasteiger partial charge >= 0.3 is 0 Å². The van der Waals surface area contributed by atoms with Crippen molar-refractivity contribution in [3.8, 4) is 0 Å². The third-order valence-electron chi connectivity index (χ3n) is 1.72. The molecule has 0 saturated heterocycles. The number of hydrogen-bond acceptors (Lipinski definition) is 1. The molecule has 0 aliphatic carbocycles. The SMILES string of the molecule is C[Si](C)(C)/C=c1\cccc\c1=C\O. The summed E-state index contributed by atoms with van der Waals surface area (Å²) < 4.78 is 0. The smallest absolute Gasteiger partial charge is 0.0869 e. The minimum absolute atomic E-state index is 0.907. The average Bonchev–Trinajstić information content (AvgIpc) is 2.02. The van der Waals surface area contributed by atoms with Gasteiger partial charge in [0.05, 0.1) is 14.3 Å². The summed E-state index contributed by atoms with van der Waals surface area (Å²) in [5.74, 6) is 0. The Balaban J connectivity index is 3.39. The van der Waals surface area contributed by atoms with Crippen molar-refractivity contribution < 1.29 is 5.11 Å². The van der Waals surface area contributed by atoms with E-state index in [1.165, 1.54) is 6.26 Å². The highest BCUT2D eigenvalue weighted by atomic mass is 28.3. The van der Waals surface area contributed by atoms with Gasteiger partial charge in [0.25, 0.3) is 0 Å². The molecule has 0 aliphatic rings. The molecule has 0 spiro atoms. The lowest BCUT2D eigenvalue weighted by atomic mass is 10.3. The molecule has 1 aromatic rings. The Morgan fingerprint density at radius 1 is 1.08 bits per heavy atom.